The molecule has 0 radical (unpaired) electrons. The van der Waals surface area contributed by atoms with Gasteiger partial charge in [-0.1, -0.05) is 0 Å². The zero-order valence-corrected chi connectivity index (χ0v) is 11.1. The van der Waals surface area contributed by atoms with Gasteiger partial charge in [0.1, 0.15) is 11.6 Å². The molecule has 2 N–H and O–H groups in total. The van der Waals surface area contributed by atoms with Gasteiger partial charge in [0.05, 0.1) is 0 Å². The van der Waals surface area contributed by atoms with Gasteiger partial charge in [-0.15, -0.1) is 0 Å². The molecule has 2 heterocycles. The largest absolute Gasteiger partial charge is 0.370 e. The van der Waals surface area contributed by atoms with E-state index in [1.54, 1.807) is 6.20 Å². The van der Waals surface area contributed by atoms with E-state index in [1.807, 2.05) is 37.6 Å². The van der Waals surface area contributed by atoms with Crippen molar-refractivity contribution in [2.24, 2.45) is 0 Å². The summed E-state index contributed by atoms with van der Waals surface area (Å²) in [6.45, 7) is 1.74. The zero-order chi connectivity index (χ0) is 13.3. The quantitative estimate of drug-likeness (QED) is 0.782. The highest BCUT2D eigenvalue weighted by molar-refractivity contribution is 5.33. The van der Waals surface area contributed by atoms with Gasteiger partial charge in [0, 0.05) is 38.1 Å². The molecule has 2 rings (SSSR count). The van der Waals surface area contributed by atoms with Crippen molar-refractivity contribution in [3.63, 3.8) is 0 Å². The summed E-state index contributed by atoms with van der Waals surface area (Å²) in [7, 11) is 1.93. The summed E-state index contributed by atoms with van der Waals surface area (Å²) < 4.78 is 0. The van der Waals surface area contributed by atoms with Gasteiger partial charge in [-0.05, 0) is 37.2 Å². The van der Waals surface area contributed by atoms with Crippen molar-refractivity contribution in [3.8, 4) is 0 Å². The molecule has 0 aromatic carbocycles. The van der Waals surface area contributed by atoms with Crippen LogP contribution in [-0.4, -0.2) is 35.1 Å². The van der Waals surface area contributed by atoms with Crippen molar-refractivity contribution in [3.05, 3.63) is 48.2 Å². The van der Waals surface area contributed by atoms with Crippen LogP contribution < -0.4 is 10.6 Å². The molecule has 2 aromatic rings. The van der Waals surface area contributed by atoms with Crippen molar-refractivity contribution in [1.82, 2.24) is 20.3 Å². The van der Waals surface area contributed by atoms with E-state index in [2.05, 4.69) is 25.6 Å². The monoisotopic (exact) mass is 257 g/mol. The Morgan fingerprint density at radius 2 is 1.84 bits per heavy atom. The first-order chi connectivity index (χ1) is 9.38. The highest BCUT2D eigenvalue weighted by atomic mass is 15.0. The lowest BCUT2D eigenvalue weighted by Gasteiger charge is -2.07. The second-order valence-electron chi connectivity index (χ2n) is 4.24. The second kappa shape index (κ2) is 7.43. The van der Waals surface area contributed by atoms with Gasteiger partial charge in [-0.25, -0.2) is 9.97 Å². The lowest BCUT2D eigenvalue weighted by atomic mass is 10.2. The van der Waals surface area contributed by atoms with Gasteiger partial charge in [0.2, 0.25) is 0 Å². The molecule has 5 nitrogen and oxygen atoms in total. The Kier molecular flexibility index (Phi) is 5.25. The average molecular weight is 257 g/mol. The van der Waals surface area contributed by atoms with Crippen LogP contribution in [0.4, 0.5) is 5.82 Å². The molecule has 0 amide bonds. The number of pyridine rings is 1. The number of aromatic nitrogens is 3. The van der Waals surface area contributed by atoms with Gasteiger partial charge >= 0.3 is 0 Å². The summed E-state index contributed by atoms with van der Waals surface area (Å²) in [6, 6.07) is 5.95. The van der Waals surface area contributed by atoms with E-state index < -0.39 is 0 Å². The number of nitrogens with one attached hydrogen (secondary N) is 2. The van der Waals surface area contributed by atoms with E-state index in [9.17, 15) is 0 Å². The first-order valence-corrected chi connectivity index (χ1v) is 6.48. The smallest absolute Gasteiger partial charge is 0.131 e. The van der Waals surface area contributed by atoms with E-state index in [-0.39, 0.29) is 0 Å². The minimum absolute atomic E-state index is 0.844. The standard InChI is InChI=1S/C14H19N5/c1-15-7-5-13-18-11-6-14(19-13)17-10-4-12-2-8-16-9-3-12/h2-3,6,8-9,11,15H,4-5,7,10H2,1H3,(H,17,18,19). The van der Waals surface area contributed by atoms with Crippen LogP contribution in [0.3, 0.4) is 0 Å². The fraction of sp³-hybridized carbons (Fsp3) is 0.357. The number of hydrogen-bond donors (Lipinski definition) is 2. The Morgan fingerprint density at radius 1 is 1.00 bits per heavy atom. The van der Waals surface area contributed by atoms with Crippen molar-refractivity contribution >= 4 is 5.82 Å². The average Bonchev–Trinajstić information content (AvgIpc) is 2.47. The van der Waals surface area contributed by atoms with E-state index in [0.717, 1.165) is 37.6 Å². The van der Waals surface area contributed by atoms with Crippen LogP contribution in [0.1, 0.15) is 11.4 Å². The molecule has 0 unspecified atom stereocenters. The number of rotatable bonds is 7. The summed E-state index contributed by atoms with van der Waals surface area (Å²) in [5.74, 6) is 1.75. The van der Waals surface area contributed by atoms with Gasteiger partial charge in [-0.2, -0.15) is 0 Å². The summed E-state index contributed by atoms with van der Waals surface area (Å²) >= 11 is 0. The molecule has 0 atom stereocenters. The number of likely N-dealkylation sites (N-methyl/N-ethyl adjacent to an activating group) is 1. The van der Waals surface area contributed by atoms with Crippen molar-refractivity contribution in [2.75, 3.05) is 25.5 Å². The Labute approximate surface area is 113 Å². The number of anilines is 1. The highest BCUT2D eigenvalue weighted by Crippen LogP contribution is 2.03. The van der Waals surface area contributed by atoms with Gasteiger partial charge in [0.15, 0.2) is 0 Å². The van der Waals surface area contributed by atoms with Crippen LogP contribution in [-0.2, 0) is 12.8 Å². The number of hydrogen-bond acceptors (Lipinski definition) is 5. The maximum Gasteiger partial charge on any atom is 0.131 e. The molecule has 0 aliphatic carbocycles. The Morgan fingerprint density at radius 3 is 2.63 bits per heavy atom. The highest BCUT2D eigenvalue weighted by Gasteiger charge is 1.99. The predicted molar refractivity (Wildman–Crippen MR) is 76.1 cm³/mol. The maximum absolute atomic E-state index is 4.47. The first kappa shape index (κ1) is 13.4. The summed E-state index contributed by atoms with van der Waals surface area (Å²) in [4.78, 5) is 12.7. The van der Waals surface area contributed by atoms with Crippen LogP contribution in [0.15, 0.2) is 36.8 Å². The van der Waals surface area contributed by atoms with E-state index >= 15 is 0 Å². The molecule has 0 aliphatic rings. The van der Waals surface area contributed by atoms with Crippen molar-refractivity contribution < 1.29 is 0 Å². The normalized spacial score (nSPS) is 10.4. The zero-order valence-electron chi connectivity index (χ0n) is 11.1. The van der Waals surface area contributed by atoms with Crippen LogP contribution >= 0.6 is 0 Å². The van der Waals surface area contributed by atoms with E-state index in [0.29, 0.717) is 0 Å². The van der Waals surface area contributed by atoms with Crippen LogP contribution in [0, 0.1) is 0 Å². The Balaban J connectivity index is 1.82. The molecule has 0 fully saturated rings. The van der Waals surface area contributed by atoms with Crippen LogP contribution in [0.2, 0.25) is 0 Å². The third kappa shape index (κ3) is 4.63. The molecular weight excluding hydrogens is 238 g/mol. The molecule has 5 heteroatoms. The fourth-order valence-corrected chi connectivity index (χ4v) is 1.74. The number of nitrogens with zero attached hydrogens (tertiary/aromatic N) is 3. The van der Waals surface area contributed by atoms with E-state index in [1.165, 1.54) is 5.56 Å². The Bertz CT molecular complexity index is 486. The minimum atomic E-state index is 0.844. The SMILES string of the molecule is CNCCc1nccc(NCCc2ccncc2)n1. The van der Waals surface area contributed by atoms with Gasteiger partial charge in [-0.3, -0.25) is 4.98 Å². The molecule has 0 spiro atoms. The van der Waals surface area contributed by atoms with Crippen molar-refractivity contribution in [1.29, 1.82) is 0 Å². The van der Waals surface area contributed by atoms with Crippen LogP contribution in [0.5, 0.6) is 0 Å². The summed E-state index contributed by atoms with van der Waals surface area (Å²) in [5, 5.41) is 6.41. The predicted octanol–water partition coefficient (Wildman–Crippen LogP) is 1.29. The molecule has 100 valence electrons. The third-order valence-electron chi connectivity index (χ3n) is 2.77. The third-order valence-corrected chi connectivity index (χ3v) is 2.77. The van der Waals surface area contributed by atoms with Gasteiger partial charge in [0.25, 0.3) is 0 Å². The molecule has 19 heavy (non-hydrogen) atoms. The minimum Gasteiger partial charge on any atom is -0.370 e. The maximum atomic E-state index is 4.47. The van der Waals surface area contributed by atoms with E-state index in [4.69, 9.17) is 0 Å². The molecule has 2 aromatic heterocycles. The summed E-state index contributed by atoms with van der Waals surface area (Å²) in [6.07, 6.45) is 7.23. The summed E-state index contributed by atoms with van der Waals surface area (Å²) in [5.41, 5.74) is 1.27. The van der Waals surface area contributed by atoms with Crippen molar-refractivity contribution in [2.45, 2.75) is 12.8 Å². The van der Waals surface area contributed by atoms with Gasteiger partial charge < -0.3 is 10.6 Å². The molecule has 0 aliphatic heterocycles. The van der Waals surface area contributed by atoms with Crippen LogP contribution in [0.25, 0.3) is 0 Å². The lowest BCUT2D eigenvalue weighted by Crippen LogP contribution is -2.13. The molecule has 0 saturated carbocycles. The lowest BCUT2D eigenvalue weighted by molar-refractivity contribution is 0.755. The second-order valence-corrected chi connectivity index (χ2v) is 4.24. The molecular formula is C14H19N5. The fourth-order valence-electron chi connectivity index (χ4n) is 1.74. The first-order valence-electron chi connectivity index (χ1n) is 6.48. The molecule has 0 bridgehead atoms. The topological polar surface area (TPSA) is 62.7 Å². The molecule has 0 saturated heterocycles. The Hall–Kier alpha value is -2.01.